The number of hydrogen-bond donors (Lipinski definition) is 1. The maximum absolute atomic E-state index is 11.0. The van der Waals surface area contributed by atoms with Crippen molar-refractivity contribution in [3.05, 3.63) is 44.0 Å². The number of non-ortho nitro benzene ring substituents is 1. The monoisotopic (exact) mass is 293 g/mol. The van der Waals surface area contributed by atoms with Crippen molar-refractivity contribution < 1.29 is 9.85 Å². The Kier molecular flexibility index (Phi) is 4.85. The van der Waals surface area contributed by atoms with Crippen molar-refractivity contribution in [3.8, 4) is 0 Å². The number of benzene rings is 1. The van der Waals surface area contributed by atoms with E-state index in [1.54, 1.807) is 0 Å². The summed E-state index contributed by atoms with van der Waals surface area (Å²) in [4.78, 5) is 20.5. The first-order chi connectivity index (χ1) is 9.97. The van der Waals surface area contributed by atoms with Gasteiger partial charge in [0.25, 0.3) is 11.4 Å². The largest absolute Gasteiger partial charge is 0.312 e. The van der Waals surface area contributed by atoms with Gasteiger partial charge in [-0.3, -0.25) is 20.2 Å². The Hall–Kier alpha value is -2.02. The summed E-state index contributed by atoms with van der Waals surface area (Å²) in [6.45, 7) is 3.43. The zero-order valence-corrected chi connectivity index (χ0v) is 11.9. The van der Waals surface area contributed by atoms with E-state index in [1.165, 1.54) is 31.4 Å². The van der Waals surface area contributed by atoms with Gasteiger partial charge in [0, 0.05) is 18.2 Å². The summed E-state index contributed by atoms with van der Waals surface area (Å²) < 4.78 is 0. The standard InChI is InChI=1S/C14H19N3O4/c1-10-2-3-11(6-10)8-15-9-12-4-5-13(16(18)19)7-14(12)17(20)21/h4-5,7,10-11,15H,2-3,6,8-9H2,1H3. The number of nitro groups is 2. The van der Waals surface area contributed by atoms with Crippen LogP contribution in [0.4, 0.5) is 11.4 Å². The van der Waals surface area contributed by atoms with Crippen LogP contribution >= 0.6 is 0 Å². The molecule has 1 fully saturated rings. The van der Waals surface area contributed by atoms with Crippen LogP contribution < -0.4 is 5.32 Å². The highest BCUT2D eigenvalue weighted by atomic mass is 16.6. The molecule has 2 atom stereocenters. The number of rotatable bonds is 6. The van der Waals surface area contributed by atoms with E-state index in [4.69, 9.17) is 0 Å². The van der Waals surface area contributed by atoms with E-state index in [9.17, 15) is 20.2 Å². The molecule has 7 nitrogen and oxygen atoms in total. The molecule has 7 heteroatoms. The average Bonchev–Trinajstić information content (AvgIpc) is 2.84. The Bertz CT molecular complexity index is 547. The van der Waals surface area contributed by atoms with Crippen LogP contribution in [0.25, 0.3) is 0 Å². The first-order valence-corrected chi connectivity index (χ1v) is 7.09. The Morgan fingerprint density at radius 3 is 2.57 bits per heavy atom. The van der Waals surface area contributed by atoms with Gasteiger partial charge in [-0.25, -0.2) is 0 Å². The van der Waals surface area contributed by atoms with Crippen LogP contribution in [0.3, 0.4) is 0 Å². The molecule has 2 unspecified atom stereocenters. The number of nitro benzene ring substituents is 2. The van der Waals surface area contributed by atoms with Gasteiger partial charge in [0.15, 0.2) is 0 Å². The second-order valence-corrected chi connectivity index (χ2v) is 5.74. The lowest BCUT2D eigenvalue weighted by Crippen LogP contribution is -2.21. The van der Waals surface area contributed by atoms with E-state index in [-0.39, 0.29) is 11.4 Å². The normalized spacial score (nSPS) is 21.4. The van der Waals surface area contributed by atoms with Gasteiger partial charge in [-0.05, 0) is 37.3 Å². The average molecular weight is 293 g/mol. The van der Waals surface area contributed by atoms with E-state index in [2.05, 4.69) is 12.2 Å². The molecule has 0 aliphatic heterocycles. The predicted octanol–water partition coefficient (Wildman–Crippen LogP) is 3.03. The summed E-state index contributed by atoms with van der Waals surface area (Å²) in [7, 11) is 0. The molecule has 114 valence electrons. The molecule has 1 saturated carbocycles. The highest BCUT2D eigenvalue weighted by Crippen LogP contribution is 2.30. The summed E-state index contributed by atoms with van der Waals surface area (Å²) in [5, 5.41) is 24.9. The molecule has 0 heterocycles. The van der Waals surface area contributed by atoms with Crippen LogP contribution in [0.15, 0.2) is 18.2 Å². The van der Waals surface area contributed by atoms with Crippen molar-refractivity contribution in [2.75, 3.05) is 6.54 Å². The lowest BCUT2D eigenvalue weighted by molar-refractivity contribution is -0.394. The van der Waals surface area contributed by atoms with Crippen molar-refractivity contribution in [1.29, 1.82) is 0 Å². The van der Waals surface area contributed by atoms with Crippen LogP contribution in [0.1, 0.15) is 31.7 Å². The van der Waals surface area contributed by atoms with E-state index in [0.29, 0.717) is 18.0 Å². The van der Waals surface area contributed by atoms with Gasteiger partial charge in [0.2, 0.25) is 0 Å². The molecule has 21 heavy (non-hydrogen) atoms. The van der Waals surface area contributed by atoms with Crippen LogP contribution in [0.2, 0.25) is 0 Å². The van der Waals surface area contributed by atoms with E-state index in [0.717, 1.165) is 18.5 Å². The first-order valence-electron chi connectivity index (χ1n) is 7.09. The number of hydrogen-bond acceptors (Lipinski definition) is 5. The van der Waals surface area contributed by atoms with Gasteiger partial charge < -0.3 is 5.32 Å². The molecule has 1 aliphatic carbocycles. The third kappa shape index (κ3) is 3.98. The highest BCUT2D eigenvalue weighted by Gasteiger charge is 2.22. The van der Waals surface area contributed by atoms with Gasteiger partial charge in [-0.1, -0.05) is 13.3 Å². The molecule has 0 radical (unpaired) electrons. The molecule has 1 aliphatic rings. The molecular formula is C14H19N3O4. The van der Waals surface area contributed by atoms with Crippen LogP contribution in [0, 0.1) is 32.1 Å². The van der Waals surface area contributed by atoms with E-state index >= 15 is 0 Å². The maximum atomic E-state index is 11.0. The predicted molar refractivity (Wildman–Crippen MR) is 78.0 cm³/mol. The molecular weight excluding hydrogens is 274 g/mol. The van der Waals surface area contributed by atoms with Gasteiger partial charge >= 0.3 is 0 Å². The molecule has 0 saturated heterocycles. The quantitative estimate of drug-likeness (QED) is 0.642. The molecule has 1 aromatic rings. The van der Waals surface area contributed by atoms with Gasteiger partial charge in [-0.2, -0.15) is 0 Å². The van der Waals surface area contributed by atoms with Crippen LogP contribution in [-0.2, 0) is 6.54 Å². The smallest absolute Gasteiger partial charge is 0.280 e. The van der Waals surface area contributed by atoms with Crippen molar-refractivity contribution >= 4 is 11.4 Å². The fraction of sp³-hybridized carbons (Fsp3) is 0.571. The summed E-state index contributed by atoms with van der Waals surface area (Å²) in [5.74, 6) is 1.38. The molecule has 1 aromatic carbocycles. The lowest BCUT2D eigenvalue weighted by atomic mass is 10.1. The Morgan fingerprint density at radius 1 is 1.24 bits per heavy atom. The lowest BCUT2D eigenvalue weighted by Gasteiger charge is -2.11. The number of nitrogens with one attached hydrogen (secondary N) is 1. The molecule has 0 bridgehead atoms. The zero-order chi connectivity index (χ0) is 15.4. The van der Waals surface area contributed by atoms with Crippen LogP contribution in [-0.4, -0.2) is 16.4 Å². The third-order valence-electron chi connectivity index (χ3n) is 4.03. The van der Waals surface area contributed by atoms with Gasteiger partial charge in [0.05, 0.1) is 15.9 Å². The SMILES string of the molecule is CC1CCC(CNCc2ccc([N+](=O)[O-])cc2[N+](=O)[O-])C1. The Balaban J connectivity index is 1.99. The van der Waals surface area contributed by atoms with Crippen molar-refractivity contribution in [3.63, 3.8) is 0 Å². The fourth-order valence-electron chi connectivity index (χ4n) is 2.91. The van der Waals surface area contributed by atoms with Crippen LogP contribution in [0.5, 0.6) is 0 Å². The Morgan fingerprint density at radius 2 is 2.00 bits per heavy atom. The third-order valence-corrected chi connectivity index (χ3v) is 4.03. The second kappa shape index (κ2) is 6.62. The topological polar surface area (TPSA) is 98.3 Å². The summed E-state index contributed by atoms with van der Waals surface area (Å²) in [6, 6.07) is 3.79. The summed E-state index contributed by atoms with van der Waals surface area (Å²) in [6.07, 6.45) is 3.62. The van der Waals surface area contributed by atoms with Crippen molar-refractivity contribution in [2.45, 2.75) is 32.7 Å². The molecule has 0 spiro atoms. The minimum absolute atomic E-state index is 0.198. The van der Waals surface area contributed by atoms with E-state index in [1.807, 2.05) is 0 Å². The molecule has 0 amide bonds. The van der Waals surface area contributed by atoms with Gasteiger partial charge in [0.1, 0.15) is 0 Å². The van der Waals surface area contributed by atoms with Gasteiger partial charge in [-0.15, -0.1) is 0 Å². The second-order valence-electron chi connectivity index (χ2n) is 5.74. The minimum Gasteiger partial charge on any atom is -0.312 e. The maximum Gasteiger partial charge on any atom is 0.280 e. The fourth-order valence-corrected chi connectivity index (χ4v) is 2.91. The van der Waals surface area contributed by atoms with Crippen molar-refractivity contribution in [2.24, 2.45) is 11.8 Å². The zero-order valence-electron chi connectivity index (χ0n) is 11.9. The van der Waals surface area contributed by atoms with E-state index < -0.39 is 9.85 Å². The molecule has 1 N–H and O–H groups in total. The Labute approximate surface area is 122 Å². The minimum atomic E-state index is -0.621. The first kappa shape index (κ1) is 15.4. The van der Waals surface area contributed by atoms with Crippen molar-refractivity contribution in [1.82, 2.24) is 5.32 Å². The number of nitrogens with zero attached hydrogens (tertiary/aromatic N) is 2. The molecule has 2 rings (SSSR count). The molecule has 0 aromatic heterocycles. The summed E-state index contributed by atoms with van der Waals surface area (Å²) >= 11 is 0. The summed E-state index contributed by atoms with van der Waals surface area (Å²) in [5.41, 5.74) is 0.0307. The highest BCUT2D eigenvalue weighted by molar-refractivity contribution is 5.49.